The summed E-state index contributed by atoms with van der Waals surface area (Å²) in [4.78, 5) is 24.3. The van der Waals surface area contributed by atoms with Crippen LogP contribution in [0.2, 0.25) is 10.0 Å². The Morgan fingerprint density at radius 1 is 1.37 bits per heavy atom. The first-order chi connectivity index (χ1) is 9.00. The largest absolute Gasteiger partial charge is 0.480 e. The summed E-state index contributed by atoms with van der Waals surface area (Å²) in [6.45, 7) is 0. The second kappa shape index (κ2) is 5.90. The van der Waals surface area contributed by atoms with Gasteiger partial charge in [-0.25, -0.2) is 9.59 Å². The summed E-state index contributed by atoms with van der Waals surface area (Å²) in [6, 6.07) is 3.50. The van der Waals surface area contributed by atoms with Gasteiger partial charge in [-0.2, -0.15) is 0 Å². The van der Waals surface area contributed by atoms with Crippen molar-refractivity contribution in [3.63, 3.8) is 0 Å². The molecule has 2 N–H and O–H groups in total. The van der Waals surface area contributed by atoms with Gasteiger partial charge < -0.3 is 15.3 Å². The molecule has 1 saturated heterocycles. The van der Waals surface area contributed by atoms with Crippen LogP contribution in [0.15, 0.2) is 18.2 Å². The topological polar surface area (TPSA) is 69.6 Å². The van der Waals surface area contributed by atoms with Crippen molar-refractivity contribution in [3.8, 4) is 0 Å². The van der Waals surface area contributed by atoms with Crippen molar-refractivity contribution in [1.29, 1.82) is 0 Å². The highest BCUT2D eigenvalue weighted by Crippen LogP contribution is 2.31. The van der Waals surface area contributed by atoms with E-state index >= 15 is 0 Å². The molecule has 0 radical (unpaired) electrons. The molecule has 0 aromatic heterocycles. The molecule has 102 valence electrons. The maximum absolute atomic E-state index is 12.1. The normalized spacial score (nSPS) is 18.4. The predicted molar refractivity (Wildman–Crippen MR) is 76.1 cm³/mol. The number of urea groups is 1. The van der Waals surface area contributed by atoms with E-state index in [9.17, 15) is 9.59 Å². The number of carboxylic acid groups (broad SMARTS) is 1. The fourth-order valence-electron chi connectivity index (χ4n) is 1.64. The molecule has 1 fully saturated rings. The number of rotatable bonds is 2. The molecule has 0 spiro atoms. The van der Waals surface area contributed by atoms with Crippen molar-refractivity contribution in [2.45, 2.75) is 6.04 Å². The van der Waals surface area contributed by atoms with Crippen LogP contribution < -0.4 is 5.32 Å². The average molecular weight is 321 g/mol. The van der Waals surface area contributed by atoms with Gasteiger partial charge in [-0.15, -0.1) is 11.8 Å². The predicted octanol–water partition coefficient (Wildman–Crippen LogP) is 2.98. The number of carbonyl (C=O) groups excluding carboxylic acids is 1. The van der Waals surface area contributed by atoms with Gasteiger partial charge in [-0.1, -0.05) is 29.3 Å². The molecule has 8 heteroatoms. The molecule has 1 unspecified atom stereocenters. The number of amides is 2. The van der Waals surface area contributed by atoms with Crippen LogP contribution in [0.3, 0.4) is 0 Å². The van der Waals surface area contributed by atoms with E-state index in [1.165, 1.54) is 16.7 Å². The fraction of sp³-hybridized carbons (Fsp3) is 0.273. The zero-order valence-electron chi connectivity index (χ0n) is 9.60. The van der Waals surface area contributed by atoms with Gasteiger partial charge in [-0.3, -0.25) is 0 Å². The Bertz CT molecular complexity index is 506. The first-order valence-corrected chi connectivity index (χ1v) is 7.24. The highest BCUT2D eigenvalue weighted by molar-refractivity contribution is 7.99. The summed E-state index contributed by atoms with van der Waals surface area (Å²) in [5.74, 6) is -0.324. The molecule has 2 rings (SSSR count). The lowest BCUT2D eigenvalue weighted by Gasteiger charge is -2.21. The van der Waals surface area contributed by atoms with Gasteiger partial charge in [0.15, 0.2) is 0 Å². The number of nitrogens with one attached hydrogen (secondary N) is 1. The first-order valence-electron chi connectivity index (χ1n) is 5.33. The molecular formula is C11H10Cl2N2O3S. The third-order valence-corrected chi connectivity index (χ3v) is 4.27. The number of aliphatic carboxylic acids is 1. The number of carbonyl (C=O) groups is 2. The SMILES string of the molecule is O=C(O)C1CSCN1C(=O)Nc1c(Cl)cccc1Cl. The van der Waals surface area contributed by atoms with Crippen molar-refractivity contribution in [2.75, 3.05) is 16.9 Å². The zero-order chi connectivity index (χ0) is 14.0. The molecule has 0 saturated carbocycles. The second-order valence-corrected chi connectivity index (χ2v) is 5.66. The number of hydrogen-bond donors (Lipinski definition) is 2. The molecule has 2 amide bonds. The standard InChI is InChI=1S/C11H10Cl2N2O3S/c12-6-2-1-3-7(13)9(6)14-11(18)15-5-19-4-8(15)10(16)17/h1-3,8H,4-5H2,(H,14,18)(H,16,17). The van der Waals surface area contributed by atoms with E-state index in [4.69, 9.17) is 28.3 Å². The van der Waals surface area contributed by atoms with Crippen LogP contribution in [0.25, 0.3) is 0 Å². The summed E-state index contributed by atoms with van der Waals surface area (Å²) in [6.07, 6.45) is 0. The van der Waals surface area contributed by atoms with Crippen molar-refractivity contribution in [3.05, 3.63) is 28.2 Å². The highest BCUT2D eigenvalue weighted by Gasteiger charge is 2.34. The quantitative estimate of drug-likeness (QED) is 0.878. The summed E-state index contributed by atoms with van der Waals surface area (Å²) in [7, 11) is 0. The molecule has 0 bridgehead atoms. The number of anilines is 1. The molecule has 1 atom stereocenters. The molecule has 0 aliphatic carbocycles. The average Bonchev–Trinajstić information content (AvgIpc) is 2.83. The minimum absolute atomic E-state index is 0.289. The summed E-state index contributed by atoms with van der Waals surface area (Å²) >= 11 is 13.3. The van der Waals surface area contributed by atoms with Crippen LogP contribution in [0.5, 0.6) is 0 Å². The Morgan fingerprint density at radius 3 is 2.58 bits per heavy atom. The van der Waals surface area contributed by atoms with Crippen LogP contribution in [0.1, 0.15) is 0 Å². The monoisotopic (exact) mass is 320 g/mol. The number of carboxylic acids is 1. The number of thioether (sulfide) groups is 1. The molecule has 5 nitrogen and oxygen atoms in total. The van der Waals surface area contributed by atoms with Crippen LogP contribution in [-0.2, 0) is 4.79 Å². The molecular weight excluding hydrogens is 311 g/mol. The zero-order valence-corrected chi connectivity index (χ0v) is 11.9. The third kappa shape index (κ3) is 3.08. The minimum Gasteiger partial charge on any atom is -0.480 e. The fourth-order valence-corrected chi connectivity index (χ4v) is 3.28. The summed E-state index contributed by atoms with van der Waals surface area (Å²) in [5, 5.41) is 12.2. The van der Waals surface area contributed by atoms with Crippen molar-refractivity contribution >= 4 is 52.7 Å². The van der Waals surface area contributed by atoms with Crippen LogP contribution >= 0.6 is 35.0 Å². The number of para-hydroxylation sites is 1. The van der Waals surface area contributed by atoms with Gasteiger partial charge in [-0.05, 0) is 12.1 Å². The number of benzene rings is 1. The Kier molecular flexibility index (Phi) is 4.44. The van der Waals surface area contributed by atoms with Gasteiger partial charge in [0.05, 0.1) is 21.6 Å². The molecule has 1 heterocycles. The van der Waals surface area contributed by atoms with Crippen molar-refractivity contribution in [1.82, 2.24) is 4.90 Å². The second-order valence-electron chi connectivity index (χ2n) is 3.85. The molecule has 1 aromatic rings. The number of hydrogen-bond acceptors (Lipinski definition) is 3. The molecule has 1 aliphatic heterocycles. The number of nitrogens with zero attached hydrogens (tertiary/aromatic N) is 1. The highest BCUT2D eigenvalue weighted by atomic mass is 35.5. The van der Waals surface area contributed by atoms with E-state index in [0.717, 1.165) is 0 Å². The Morgan fingerprint density at radius 2 is 2.00 bits per heavy atom. The lowest BCUT2D eigenvalue weighted by Crippen LogP contribution is -2.44. The van der Waals surface area contributed by atoms with E-state index in [-0.39, 0.29) is 5.69 Å². The number of halogens is 2. The van der Waals surface area contributed by atoms with Crippen molar-refractivity contribution in [2.24, 2.45) is 0 Å². The third-order valence-electron chi connectivity index (χ3n) is 2.62. The van der Waals surface area contributed by atoms with E-state index in [2.05, 4.69) is 5.32 Å². The van der Waals surface area contributed by atoms with Crippen LogP contribution in [-0.4, -0.2) is 39.7 Å². The molecule has 1 aliphatic rings. The van der Waals surface area contributed by atoms with Crippen LogP contribution in [0.4, 0.5) is 10.5 Å². The maximum atomic E-state index is 12.1. The Balaban J connectivity index is 2.15. The van der Waals surface area contributed by atoms with Crippen LogP contribution in [0, 0.1) is 0 Å². The lowest BCUT2D eigenvalue weighted by atomic mass is 10.3. The Labute approximate surface area is 123 Å². The van der Waals surface area contributed by atoms with Gasteiger partial charge >= 0.3 is 12.0 Å². The minimum atomic E-state index is -1.02. The van der Waals surface area contributed by atoms with Crippen molar-refractivity contribution < 1.29 is 14.7 Å². The first kappa shape index (κ1) is 14.3. The van der Waals surface area contributed by atoms with E-state index in [1.807, 2.05) is 0 Å². The van der Waals surface area contributed by atoms with E-state index in [0.29, 0.717) is 21.7 Å². The van der Waals surface area contributed by atoms with Gasteiger partial charge in [0.2, 0.25) is 0 Å². The van der Waals surface area contributed by atoms with E-state index in [1.54, 1.807) is 18.2 Å². The van der Waals surface area contributed by atoms with E-state index < -0.39 is 18.0 Å². The molecule has 1 aromatic carbocycles. The van der Waals surface area contributed by atoms with Gasteiger partial charge in [0.1, 0.15) is 6.04 Å². The smallest absolute Gasteiger partial charge is 0.327 e. The summed E-state index contributed by atoms with van der Waals surface area (Å²) < 4.78 is 0. The van der Waals surface area contributed by atoms with Gasteiger partial charge in [0, 0.05) is 5.75 Å². The summed E-state index contributed by atoms with van der Waals surface area (Å²) in [5.41, 5.74) is 0.289. The lowest BCUT2D eigenvalue weighted by molar-refractivity contribution is -0.140. The maximum Gasteiger partial charge on any atom is 0.327 e. The Hall–Kier alpha value is -1.11. The van der Waals surface area contributed by atoms with Gasteiger partial charge in [0.25, 0.3) is 0 Å². The molecule has 19 heavy (non-hydrogen) atoms.